The Kier molecular flexibility index (Phi) is 3.07. The molecule has 0 N–H and O–H groups in total. The molecule has 4 rings (SSSR count). The fraction of sp³-hybridized carbons (Fsp3) is 0.312. The van der Waals surface area contributed by atoms with Crippen molar-refractivity contribution in [3.05, 3.63) is 42.1 Å². The Morgan fingerprint density at radius 1 is 1.17 bits per heavy atom. The van der Waals surface area contributed by atoms with Crippen LogP contribution >= 0.6 is 0 Å². The summed E-state index contributed by atoms with van der Waals surface area (Å²) in [5.41, 5.74) is 2.95. The van der Waals surface area contributed by atoms with Crippen LogP contribution in [0.5, 0.6) is 0 Å². The summed E-state index contributed by atoms with van der Waals surface area (Å²) in [7, 11) is 0. The van der Waals surface area contributed by atoms with Crippen molar-refractivity contribution in [2.75, 3.05) is 6.54 Å². The lowest BCUT2D eigenvalue weighted by molar-refractivity contribution is 0.0505. The van der Waals surface area contributed by atoms with E-state index in [0.29, 0.717) is 22.6 Å². The normalized spacial score (nSPS) is 17.3. The first-order chi connectivity index (χ1) is 11.2. The van der Waals surface area contributed by atoms with Gasteiger partial charge in [0.05, 0.1) is 5.69 Å². The first kappa shape index (κ1) is 13.8. The maximum absolute atomic E-state index is 13.0. The van der Waals surface area contributed by atoms with E-state index in [-0.39, 0.29) is 11.9 Å². The fourth-order valence-electron chi connectivity index (χ4n) is 2.85. The second-order valence-corrected chi connectivity index (χ2v) is 5.74. The molecule has 3 aromatic heterocycles. The van der Waals surface area contributed by atoms with Gasteiger partial charge in [-0.05, 0) is 26.3 Å². The van der Waals surface area contributed by atoms with Crippen LogP contribution in [0.4, 0.5) is 0 Å². The molecule has 1 fully saturated rings. The second-order valence-electron chi connectivity index (χ2n) is 5.74. The van der Waals surface area contributed by atoms with Crippen molar-refractivity contribution in [1.29, 1.82) is 0 Å². The van der Waals surface area contributed by atoms with Crippen LogP contribution in [0.2, 0.25) is 0 Å². The Bertz CT molecular complexity index is 902. The lowest BCUT2D eigenvalue weighted by Crippen LogP contribution is -2.49. The van der Waals surface area contributed by atoms with E-state index in [2.05, 4.69) is 20.1 Å². The van der Waals surface area contributed by atoms with E-state index in [0.717, 1.165) is 18.7 Å². The molecule has 0 saturated carbocycles. The van der Waals surface area contributed by atoms with Crippen molar-refractivity contribution in [2.45, 2.75) is 26.3 Å². The average Bonchev–Trinajstić information content (AvgIpc) is 2.93. The molecule has 1 saturated heterocycles. The van der Waals surface area contributed by atoms with Crippen molar-refractivity contribution in [2.24, 2.45) is 0 Å². The number of carbonyl (C=O) groups excluding carboxylic acids is 1. The Morgan fingerprint density at radius 2 is 2.00 bits per heavy atom. The van der Waals surface area contributed by atoms with Gasteiger partial charge in [-0.3, -0.25) is 14.8 Å². The Hall–Kier alpha value is -2.83. The number of amides is 1. The van der Waals surface area contributed by atoms with Crippen molar-refractivity contribution in [3.63, 3.8) is 0 Å². The first-order valence-corrected chi connectivity index (χ1v) is 7.59. The predicted molar refractivity (Wildman–Crippen MR) is 83.9 cm³/mol. The van der Waals surface area contributed by atoms with Crippen LogP contribution in [0.15, 0.2) is 30.9 Å². The summed E-state index contributed by atoms with van der Waals surface area (Å²) in [6.07, 6.45) is 7.72. The van der Waals surface area contributed by atoms with Crippen LogP contribution in [0, 0.1) is 6.92 Å². The van der Waals surface area contributed by atoms with Crippen molar-refractivity contribution in [3.8, 4) is 11.4 Å². The van der Waals surface area contributed by atoms with E-state index in [1.165, 1.54) is 0 Å². The highest BCUT2D eigenvalue weighted by atomic mass is 16.2. The van der Waals surface area contributed by atoms with Crippen LogP contribution in [0.25, 0.3) is 17.0 Å². The quantitative estimate of drug-likeness (QED) is 0.720. The standard InChI is InChI=1S/C16H16N6O/c1-10-4-9-21(10)16(23)12-14(13-11(2)17-6-7-18-13)20-22-8-3-5-19-15(12)22/h3,5-8,10H,4,9H2,1-2H3. The number of hydrogen-bond donors (Lipinski definition) is 0. The molecule has 0 aromatic carbocycles. The van der Waals surface area contributed by atoms with Gasteiger partial charge < -0.3 is 4.90 Å². The highest BCUT2D eigenvalue weighted by Crippen LogP contribution is 2.29. The topological polar surface area (TPSA) is 76.3 Å². The first-order valence-electron chi connectivity index (χ1n) is 7.59. The molecule has 1 atom stereocenters. The summed E-state index contributed by atoms with van der Waals surface area (Å²) in [6, 6.07) is 2.03. The summed E-state index contributed by atoms with van der Waals surface area (Å²) in [4.78, 5) is 27.8. The van der Waals surface area contributed by atoms with Gasteiger partial charge in [-0.15, -0.1) is 0 Å². The molecule has 0 aliphatic carbocycles. The minimum absolute atomic E-state index is 0.0440. The van der Waals surface area contributed by atoms with Crippen LogP contribution < -0.4 is 0 Å². The molecule has 0 radical (unpaired) electrons. The van der Waals surface area contributed by atoms with E-state index in [4.69, 9.17) is 0 Å². The van der Waals surface area contributed by atoms with E-state index in [9.17, 15) is 4.79 Å². The molecular formula is C16H16N6O. The number of rotatable bonds is 2. The largest absolute Gasteiger partial charge is 0.336 e. The molecular weight excluding hydrogens is 292 g/mol. The molecule has 23 heavy (non-hydrogen) atoms. The summed E-state index contributed by atoms with van der Waals surface area (Å²) >= 11 is 0. The Balaban J connectivity index is 1.95. The molecule has 4 heterocycles. The van der Waals surface area contributed by atoms with E-state index < -0.39 is 0 Å². The summed E-state index contributed by atoms with van der Waals surface area (Å²) in [6.45, 7) is 4.68. The minimum Gasteiger partial charge on any atom is -0.336 e. The van der Waals surface area contributed by atoms with Gasteiger partial charge in [-0.1, -0.05) is 0 Å². The van der Waals surface area contributed by atoms with Crippen molar-refractivity contribution < 1.29 is 4.79 Å². The van der Waals surface area contributed by atoms with Crippen molar-refractivity contribution in [1.82, 2.24) is 29.5 Å². The van der Waals surface area contributed by atoms with Gasteiger partial charge in [-0.25, -0.2) is 9.50 Å². The third kappa shape index (κ3) is 2.08. The number of hydrogen-bond acceptors (Lipinski definition) is 5. The van der Waals surface area contributed by atoms with Gasteiger partial charge in [-0.2, -0.15) is 5.10 Å². The number of carbonyl (C=O) groups is 1. The fourth-order valence-corrected chi connectivity index (χ4v) is 2.85. The van der Waals surface area contributed by atoms with Gasteiger partial charge in [0.1, 0.15) is 17.0 Å². The zero-order chi connectivity index (χ0) is 16.0. The monoisotopic (exact) mass is 308 g/mol. The molecule has 116 valence electrons. The Labute approximate surface area is 133 Å². The van der Waals surface area contributed by atoms with E-state index in [1.807, 2.05) is 18.7 Å². The molecule has 7 nitrogen and oxygen atoms in total. The zero-order valence-electron chi connectivity index (χ0n) is 13.0. The Morgan fingerprint density at radius 3 is 2.70 bits per heavy atom. The predicted octanol–water partition coefficient (Wildman–Crippen LogP) is 1.73. The number of likely N-dealkylation sites (tertiary alicyclic amines) is 1. The number of nitrogens with zero attached hydrogens (tertiary/aromatic N) is 6. The van der Waals surface area contributed by atoms with E-state index in [1.54, 1.807) is 35.4 Å². The minimum atomic E-state index is -0.0440. The van der Waals surface area contributed by atoms with Crippen LogP contribution in [0.1, 0.15) is 29.4 Å². The molecule has 1 aliphatic heterocycles. The van der Waals surface area contributed by atoms with Crippen LogP contribution in [-0.4, -0.2) is 48.0 Å². The molecule has 1 unspecified atom stereocenters. The van der Waals surface area contributed by atoms with E-state index >= 15 is 0 Å². The maximum atomic E-state index is 13.0. The van der Waals surface area contributed by atoms with Gasteiger partial charge in [0, 0.05) is 37.4 Å². The van der Waals surface area contributed by atoms with Crippen LogP contribution in [-0.2, 0) is 0 Å². The van der Waals surface area contributed by atoms with Crippen LogP contribution in [0.3, 0.4) is 0 Å². The number of aryl methyl sites for hydroxylation is 1. The lowest BCUT2D eigenvalue weighted by atomic mass is 10.0. The highest BCUT2D eigenvalue weighted by Gasteiger charge is 2.34. The van der Waals surface area contributed by atoms with Gasteiger partial charge >= 0.3 is 0 Å². The maximum Gasteiger partial charge on any atom is 0.260 e. The molecule has 7 heteroatoms. The lowest BCUT2D eigenvalue weighted by Gasteiger charge is -2.38. The molecule has 0 spiro atoms. The summed E-state index contributed by atoms with van der Waals surface area (Å²) in [5.74, 6) is -0.0440. The second kappa shape index (κ2) is 5.12. The molecule has 1 aliphatic rings. The average molecular weight is 308 g/mol. The third-order valence-corrected chi connectivity index (χ3v) is 4.30. The molecule has 3 aromatic rings. The molecule has 1 amide bonds. The smallest absolute Gasteiger partial charge is 0.260 e. The number of aromatic nitrogens is 5. The molecule has 0 bridgehead atoms. The summed E-state index contributed by atoms with van der Waals surface area (Å²) in [5, 5.41) is 4.53. The zero-order valence-corrected chi connectivity index (χ0v) is 13.0. The van der Waals surface area contributed by atoms with Gasteiger partial charge in [0.15, 0.2) is 5.65 Å². The van der Waals surface area contributed by atoms with Gasteiger partial charge in [0.25, 0.3) is 5.91 Å². The highest BCUT2D eigenvalue weighted by molar-refractivity contribution is 6.05. The van der Waals surface area contributed by atoms with Crippen molar-refractivity contribution >= 4 is 11.6 Å². The number of fused-ring (bicyclic) bond motifs is 1. The van der Waals surface area contributed by atoms with Gasteiger partial charge in [0.2, 0.25) is 0 Å². The summed E-state index contributed by atoms with van der Waals surface area (Å²) < 4.78 is 1.63. The third-order valence-electron chi connectivity index (χ3n) is 4.30. The SMILES string of the molecule is Cc1nccnc1-c1nn2cccnc2c1C(=O)N1CCC1C.